The van der Waals surface area contributed by atoms with E-state index in [0.717, 1.165) is 41.9 Å². The number of rotatable bonds is 6. The molecule has 2 N–H and O–H groups in total. The maximum absolute atomic E-state index is 5.54. The number of oxazole rings is 1. The van der Waals surface area contributed by atoms with Crippen molar-refractivity contribution in [1.82, 2.24) is 15.0 Å². The highest BCUT2D eigenvalue weighted by atomic mass is 16.4. The first-order valence-electron chi connectivity index (χ1n) is 6.91. The zero-order chi connectivity index (χ0) is 14.5. The van der Waals surface area contributed by atoms with Crippen LogP contribution in [0.3, 0.4) is 0 Å². The highest BCUT2D eigenvalue weighted by Crippen LogP contribution is 2.14. The summed E-state index contributed by atoms with van der Waals surface area (Å²) in [5.41, 5.74) is 0.923. The molecule has 0 spiro atoms. The van der Waals surface area contributed by atoms with Crippen LogP contribution in [0.1, 0.15) is 37.0 Å². The van der Waals surface area contributed by atoms with Crippen LogP contribution < -0.4 is 10.6 Å². The highest BCUT2D eigenvalue weighted by Gasteiger charge is 2.07. The summed E-state index contributed by atoms with van der Waals surface area (Å²) in [6, 6.07) is 1.89. The molecule has 0 aromatic carbocycles. The Morgan fingerprint density at radius 2 is 1.75 bits per heavy atom. The van der Waals surface area contributed by atoms with Gasteiger partial charge in [0.15, 0.2) is 0 Å². The molecule has 0 fully saturated rings. The Morgan fingerprint density at radius 3 is 2.30 bits per heavy atom. The van der Waals surface area contributed by atoms with Gasteiger partial charge in [-0.1, -0.05) is 6.92 Å². The Morgan fingerprint density at radius 1 is 1.05 bits per heavy atom. The smallest absolute Gasteiger partial charge is 0.213 e. The molecule has 20 heavy (non-hydrogen) atoms. The van der Waals surface area contributed by atoms with Gasteiger partial charge in [0.2, 0.25) is 5.89 Å². The van der Waals surface area contributed by atoms with E-state index in [1.54, 1.807) is 0 Å². The first kappa shape index (κ1) is 14.3. The summed E-state index contributed by atoms with van der Waals surface area (Å²) in [4.78, 5) is 13.2. The molecule has 6 nitrogen and oxygen atoms in total. The molecule has 0 bridgehead atoms. The largest absolute Gasteiger partial charge is 0.444 e. The minimum absolute atomic E-state index is 0.514. The van der Waals surface area contributed by atoms with Crippen molar-refractivity contribution in [3.63, 3.8) is 0 Å². The number of anilines is 2. The zero-order valence-electron chi connectivity index (χ0n) is 12.4. The van der Waals surface area contributed by atoms with Crippen LogP contribution in [-0.4, -0.2) is 21.5 Å². The second-order valence-electron chi connectivity index (χ2n) is 4.54. The maximum atomic E-state index is 5.54. The van der Waals surface area contributed by atoms with Crippen LogP contribution in [0.4, 0.5) is 11.6 Å². The Balaban J connectivity index is 2.09. The minimum Gasteiger partial charge on any atom is -0.444 e. The van der Waals surface area contributed by atoms with Gasteiger partial charge >= 0.3 is 0 Å². The summed E-state index contributed by atoms with van der Waals surface area (Å²) in [5.74, 6) is 3.95. The molecule has 2 rings (SSSR count). The van der Waals surface area contributed by atoms with Gasteiger partial charge in [-0.25, -0.2) is 15.0 Å². The second-order valence-corrected chi connectivity index (χ2v) is 4.54. The number of hydrogen-bond donors (Lipinski definition) is 2. The van der Waals surface area contributed by atoms with Crippen molar-refractivity contribution in [3.05, 3.63) is 29.2 Å². The van der Waals surface area contributed by atoms with Crippen LogP contribution >= 0.6 is 0 Å². The Kier molecular flexibility index (Phi) is 4.55. The Bertz CT molecular complexity index is 559. The summed E-state index contributed by atoms with van der Waals surface area (Å²) in [7, 11) is 0. The quantitative estimate of drug-likeness (QED) is 0.844. The van der Waals surface area contributed by atoms with Crippen LogP contribution in [0, 0.1) is 13.8 Å². The normalized spacial score (nSPS) is 10.6. The number of nitrogens with one attached hydrogen (secondary N) is 2. The van der Waals surface area contributed by atoms with E-state index in [9.17, 15) is 0 Å². The average molecular weight is 275 g/mol. The molecule has 108 valence electrons. The van der Waals surface area contributed by atoms with Crippen molar-refractivity contribution >= 4 is 11.6 Å². The lowest BCUT2D eigenvalue weighted by Crippen LogP contribution is -2.08. The monoisotopic (exact) mass is 275 g/mol. The SMILES string of the molecule is CCNc1cc(NCc2nc(C)c(C)o2)nc(CC)n1. The number of aryl methyl sites for hydroxylation is 3. The highest BCUT2D eigenvalue weighted by molar-refractivity contribution is 5.47. The molecule has 0 saturated heterocycles. The van der Waals surface area contributed by atoms with E-state index in [1.165, 1.54) is 0 Å². The van der Waals surface area contributed by atoms with Crippen LogP contribution in [0.2, 0.25) is 0 Å². The van der Waals surface area contributed by atoms with Crippen LogP contribution in [0.25, 0.3) is 0 Å². The molecule has 6 heteroatoms. The third-order valence-electron chi connectivity index (χ3n) is 2.94. The lowest BCUT2D eigenvalue weighted by molar-refractivity contribution is 0.478. The molecule has 0 aliphatic carbocycles. The summed E-state index contributed by atoms with van der Waals surface area (Å²) in [6.07, 6.45) is 0.797. The van der Waals surface area contributed by atoms with E-state index in [2.05, 4.69) is 25.6 Å². The third kappa shape index (κ3) is 3.46. The molecule has 0 amide bonds. The van der Waals surface area contributed by atoms with Crippen molar-refractivity contribution in [2.24, 2.45) is 0 Å². The van der Waals surface area contributed by atoms with Crippen molar-refractivity contribution in [2.75, 3.05) is 17.2 Å². The summed E-state index contributed by atoms with van der Waals surface area (Å²) >= 11 is 0. The standard InChI is InChI=1S/C14H21N5O/c1-5-11-18-12(15-6-2)7-13(19-11)16-8-14-17-9(3)10(4)20-14/h7H,5-6,8H2,1-4H3,(H2,15,16,18,19). The molecule has 0 aliphatic rings. The van der Waals surface area contributed by atoms with Crippen molar-refractivity contribution in [2.45, 2.75) is 40.7 Å². The average Bonchev–Trinajstić information content (AvgIpc) is 2.76. The fourth-order valence-electron chi connectivity index (χ4n) is 1.80. The van der Waals surface area contributed by atoms with E-state index in [4.69, 9.17) is 4.42 Å². The Labute approximate surface area is 119 Å². The predicted molar refractivity (Wildman–Crippen MR) is 78.9 cm³/mol. The fourth-order valence-corrected chi connectivity index (χ4v) is 1.80. The van der Waals surface area contributed by atoms with Gasteiger partial charge < -0.3 is 15.1 Å². The van der Waals surface area contributed by atoms with Crippen LogP contribution in [-0.2, 0) is 13.0 Å². The fraction of sp³-hybridized carbons (Fsp3) is 0.500. The summed E-state index contributed by atoms with van der Waals surface area (Å²) in [6.45, 7) is 9.27. The van der Waals surface area contributed by atoms with Gasteiger partial charge in [0.1, 0.15) is 23.2 Å². The molecular weight excluding hydrogens is 254 g/mol. The van der Waals surface area contributed by atoms with Crippen molar-refractivity contribution < 1.29 is 4.42 Å². The van der Waals surface area contributed by atoms with Crippen LogP contribution in [0.15, 0.2) is 10.5 Å². The molecule has 2 aromatic heterocycles. The maximum Gasteiger partial charge on any atom is 0.213 e. The molecule has 0 saturated carbocycles. The molecular formula is C14H21N5O. The summed E-state index contributed by atoms with van der Waals surface area (Å²) < 4.78 is 5.54. The van der Waals surface area contributed by atoms with Gasteiger partial charge in [-0.3, -0.25) is 0 Å². The van der Waals surface area contributed by atoms with Gasteiger partial charge in [-0.2, -0.15) is 0 Å². The van der Waals surface area contributed by atoms with Crippen molar-refractivity contribution in [1.29, 1.82) is 0 Å². The van der Waals surface area contributed by atoms with Gasteiger partial charge in [0.05, 0.1) is 12.2 Å². The minimum atomic E-state index is 0.514. The van der Waals surface area contributed by atoms with E-state index in [0.29, 0.717) is 12.4 Å². The first-order valence-corrected chi connectivity index (χ1v) is 6.91. The predicted octanol–water partition coefficient (Wildman–Crippen LogP) is 2.69. The van der Waals surface area contributed by atoms with Crippen LogP contribution in [0.5, 0.6) is 0 Å². The van der Waals surface area contributed by atoms with Gasteiger partial charge in [-0.05, 0) is 20.8 Å². The van der Waals surface area contributed by atoms with Gasteiger partial charge in [0.25, 0.3) is 0 Å². The number of nitrogens with zero attached hydrogens (tertiary/aromatic N) is 3. The molecule has 2 aromatic rings. The molecule has 0 atom stereocenters. The molecule has 0 unspecified atom stereocenters. The van der Waals surface area contributed by atoms with E-state index in [1.807, 2.05) is 33.8 Å². The van der Waals surface area contributed by atoms with Gasteiger partial charge in [-0.15, -0.1) is 0 Å². The molecule has 2 heterocycles. The first-order chi connectivity index (χ1) is 9.62. The van der Waals surface area contributed by atoms with Gasteiger partial charge in [0, 0.05) is 19.0 Å². The molecule has 0 aliphatic heterocycles. The lowest BCUT2D eigenvalue weighted by Gasteiger charge is -2.08. The van der Waals surface area contributed by atoms with E-state index in [-0.39, 0.29) is 0 Å². The lowest BCUT2D eigenvalue weighted by atomic mass is 10.4. The third-order valence-corrected chi connectivity index (χ3v) is 2.94. The summed E-state index contributed by atoms with van der Waals surface area (Å²) in [5, 5.41) is 6.43. The van der Waals surface area contributed by atoms with E-state index < -0.39 is 0 Å². The zero-order valence-corrected chi connectivity index (χ0v) is 12.4. The second kappa shape index (κ2) is 6.36. The Hall–Kier alpha value is -2.11. The number of aromatic nitrogens is 3. The topological polar surface area (TPSA) is 75.9 Å². The van der Waals surface area contributed by atoms with E-state index >= 15 is 0 Å². The molecule has 0 radical (unpaired) electrons. The number of hydrogen-bond acceptors (Lipinski definition) is 6. The van der Waals surface area contributed by atoms with Crippen molar-refractivity contribution in [3.8, 4) is 0 Å².